The Kier molecular flexibility index (Phi) is 6.72. The van der Waals surface area contributed by atoms with Crippen LogP contribution in [-0.4, -0.2) is 46.3 Å². The number of aliphatic hydroxyl groups is 1. The van der Waals surface area contributed by atoms with E-state index in [1.165, 1.54) is 7.11 Å². The quantitative estimate of drug-likeness (QED) is 0.668. The number of nitrogens with zero attached hydrogens (tertiary/aromatic N) is 2. The number of hydrogen-bond acceptors (Lipinski definition) is 5. The van der Waals surface area contributed by atoms with Crippen molar-refractivity contribution in [2.45, 2.75) is 38.3 Å². The van der Waals surface area contributed by atoms with Crippen LogP contribution < -0.4 is 5.32 Å². The fourth-order valence-corrected chi connectivity index (χ4v) is 1.96. The van der Waals surface area contributed by atoms with Gasteiger partial charge in [0.25, 0.3) is 0 Å². The largest absolute Gasteiger partial charge is 0.467 e. The molecule has 112 valence electrons. The Hall–Kier alpha value is -1.89. The topological polar surface area (TPSA) is 93.5 Å². The van der Waals surface area contributed by atoms with Crippen molar-refractivity contribution < 1.29 is 19.4 Å². The highest BCUT2D eigenvalue weighted by Crippen LogP contribution is 2.17. The summed E-state index contributed by atoms with van der Waals surface area (Å²) < 4.78 is 6.37. The minimum Gasteiger partial charge on any atom is -0.467 e. The Morgan fingerprint density at radius 2 is 2.25 bits per heavy atom. The van der Waals surface area contributed by atoms with Crippen molar-refractivity contribution in [3.8, 4) is 0 Å². The number of amides is 1. The SMILES string of the molecule is CCCC(CC(=O)NC(CO)C(=O)OC)n1ccnc1. The lowest BCUT2D eigenvalue weighted by Crippen LogP contribution is -2.44. The number of nitrogens with one attached hydrogen (secondary N) is 1. The zero-order valence-corrected chi connectivity index (χ0v) is 11.8. The number of aliphatic hydroxyl groups excluding tert-OH is 1. The van der Waals surface area contributed by atoms with Gasteiger partial charge in [-0.05, 0) is 6.42 Å². The van der Waals surface area contributed by atoms with Crippen molar-refractivity contribution in [3.63, 3.8) is 0 Å². The first-order valence-corrected chi connectivity index (χ1v) is 6.57. The van der Waals surface area contributed by atoms with Crippen LogP contribution in [0.2, 0.25) is 0 Å². The van der Waals surface area contributed by atoms with Crippen LogP contribution in [0.15, 0.2) is 18.7 Å². The van der Waals surface area contributed by atoms with Gasteiger partial charge in [-0.25, -0.2) is 9.78 Å². The van der Waals surface area contributed by atoms with Crippen molar-refractivity contribution in [1.82, 2.24) is 14.9 Å². The van der Waals surface area contributed by atoms with Gasteiger partial charge in [-0.1, -0.05) is 13.3 Å². The van der Waals surface area contributed by atoms with E-state index < -0.39 is 18.6 Å². The van der Waals surface area contributed by atoms with Crippen molar-refractivity contribution in [1.29, 1.82) is 0 Å². The number of carbonyl (C=O) groups is 2. The molecule has 7 heteroatoms. The lowest BCUT2D eigenvalue weighted by Gasteiger charge is -2.19. The lowest BCUT2D eigenvalue weighted by molar-refractivity contribution is -0.146. The second-order valence-electron chi connectivity index (χ2n) is 4.48. The summed E-state index contributed by atoms with van der Waals surface area (Å²) in [6, 6.07) is -1.03. The van der Waals surface area contributed by atoms with Crippen LogP contribution in [0.5, 0.6) is 0 Å². The van der Waals surface area contributed by atoms with Crippen molar-refractivity contribution >= 4 is 11.9 Å². The summed E-state index contributed by atoms with van der Waals surface area (Å²) in [6.07, 6.45) is 7.10. The van der Waals surface area contributed by atoms with E-state index in [-0.39, 0.29) is 18.4 Å². The number of imidazole rings is 1. The number of rotatable bonds is 8. The van der Waals surface area contributed by atoms with E-state index in [1.54, 1.807) is 18.7 Å². The van der Waals surface area contributed by atoms with Crippen LogP contribution in [0.1, 0.15) is 32.2 Å². The van der Waals surface area contributed by atoms with E-state index in [1.807, 2.05) is 11.5 Å². The number of esters is 1. The third-order valence-electron chi connectivity index (χ3n) is 2.99. The van der Waals surface area contributed by atoms with Gasteiger partial charge in [0.05, 0.1) is 20.0 Å². The number of methoxy groups -OCH3 is 1. The van der Waals surface area contributed by atoms with Crippen molar-refractivity contribution in [2.75, 3.05) is 13.7 Å². The molecule has 1 rings (SSSR count). The fourth-order valence-electron chi connectivity index (χ4n) is 1.96. The molecule has 2 unspecified atom stereocenters. The summed E-state index contributed by atoms with van der Waals surface area (Å²) in [5, 5.41) is 11.5. The van der Waals surface area contributed by atoms with E-state index in [2.05, 4.69) is 15.0 Å². The number of hydrogen-bond donors (Lipinski definition) is 2. The fraction of sp³-hybridized carbons (Fsp3) is 0.615. The first-order valence-electron chi connectivity index (χ1n) is 6.57. The molecule has 7 nitrogen and oxygen atoms in total. The van der Waals surface area contributed by atoms with Gasteiger partial charge >= 0.3 is 5.97 Å². The van der Waals surface area contributed by atoms with E-state index >= 15 is 0 Å². The second-order valence-corrected chi connectivity index (χ2v) is 4.48. The molecule has 2 atom stereocenters. The molecule has 0 bridgehead atoms. The highest BCUT2D eigenvalue weighted by atomic mass is 16.5. The summed E-state index contributed by atoms with van der Waals surface area (Å²) in [5.41, 5.74) is 0. The van der Waals surface area contributed by atoms with Gasteiger partial charge in [0.2, 0.25) is 5.91 Å². The summed E-state index contributed by atoms with van der Waals surface area (Å²) in [6.45, 7) is 1.55. The third kappa shape index (κ3) is 4.65. The lowest BCUT2D eigenvalue weighted by atomic mass is 10.1. The highest BCUT2D eigenvalue weighted by Gasteiger charge is 2.22. The average Bonchev–Trinajstić information content (AvgIpc) is 2.97. The molecule has 1 heterocycles. The van der Waals surface area contributed by atoms with Gasteiger partial charge in [-0.15, -0.1) is 0 Å². The maximum absolute atomic E-state index is 11.9. The summed E-state index contributed by atoms with van der Waals surface area (Å²) >= 11 is 0. The summed E-state index contributed by atoms with van der Waals surface area (Å²) in [4.78, 5) is 27.2. The van der Waals surface area contributed by atoms with Crippen LogP contribution in [0.25, 0.3) is 0 Å². The molecular weight excluding hydrogens is 262 g/mol. The Morgan fingerprint density at radius 3 is 2.75 bits per heavy atom. The number of ether oxygens (including phenoxy) is 1. The normalized spacial score (nSPS) is 13.6. The van der Waals surface area contributed by atoms with Crippen LogP contribution in [0.4, 0.5) is 0 Å². The monoisotopic (exact) mass is 283 g/mol. The highest BCUT2D eigenvalue weighted by molar-refractivity contribution is 5.84. The Morgan fingerprint density at radius 1 is 1.50 bits per heavy atom. The molecule has 1 aromatic heterocycles. The molecule has 2 N–H and O–H groups in total. The molecule has 0 aliphatic rings. The first-order chi connectivity index (χ1) is 9.62. The van der Waals surface area contributed by atoms with Gasteiger partial charge < -0.3 is 19.7 Å². The Bertz CT molecular complexity index is 419. The molecule has 0 aromatic carbocycles. The van der Waals surface area contributed by atoms with Crippen LogP contribution >= 0.6 is 0 Å². The van der Waals surface area contributed by atoms with Crippen molar-refractivity contribution in [3.05, 3.63) is 18.7 Å². The molecule has 1 aromatic rings. The predicted octanol–water partition coefficient (Wildman–Crippen LogP) is 0.265. The van der Waals surface area contributed by atoms with Gasteiger partial charge in [-0.2, -0.15) is 0 Å². The number of aromatic nitrogens is 2. The molecule has 0 fully saturated rings. The summed E-state index contributed by atoms with van der Waals surface area (Å²) in [7, 11) is 1.21. The number of carbonyl (C=O) groups excluding carboxylic acids is 2. The van der Waals surface area contributed by atoms with E-state index in [0.29, 0.717) is 0 Å². The summed E-state index contributed by atoms with van der Waals surface area (Å²) in [5.74, 6) is -0.961. The van der Waals surface area contributed by atoms with E-state index in [9.17, 15) is 9.59 Å². The first kappa shape index (κ1) is 16.2. The van der Waals surface area contributed by atoms with Gasteiger partial charge in [0.1, 0.15) is 0 Å². The third-order valence-corrected chi connectivity index (χ3v) is 2.99. The Labute approximate surface area is 118 Å². The van der Waals surface area contributed by atoms with Crippen molar-refractivity contribution in [2.24, 2.45) is 0 Å². The maximum atomic E-state index is 11.9. The average molecular weight is 283 g/mol. The van der Waals surface area contributed by atoms with Crippen LogP contribution in [0, 0.1) is 0 Å². The minimum absolute atomic E-state index is 0.0144. The maximum Gasteiger partial charge on any atom is 0.330 e. The van der Waals surface area contributed by atoms with E-state index in [4.69, 9.17) is 5.11 Å². The predicted molar refractivity (Wildman–Crippen MR) is 71.8 cm³/mol. The smallest absolute Gasteiger partial charge is 0.330 e. The van der Waals surface area contributed by atoms with Crippen LogP contribution in [0.3, 0.4) is 0 Å². The molecule has 20 heavy (non-hydrogen) atoms. The minimum atomic E-state index is -1.02. The molecule has 0 aliphatic carbocycles. The molecule has 0 spiro atoms. The molecule has 0 radical (unpaired) electrons. The molecule has 0 saturated carbocycles. The molecule has 0 saturated heterocycles. The molecule has 0 aliphatic heterocycles. The standard InChI is InChI=1S/C13H21N3O4/c1-3-4-10(16-6-5-14-9-16)7-12(18)15-11(8-17)13(19)20-2/h5-6,9-11,17H,3-4,7-8H2,1-2H3,(H,15,18). The van der Waals surface area contributed by atoms with Gasteiger partial charge in [-0.3, -0.25) is 4.79 Å². The zero-order chi connectivity index (χ0) is 15.0. The van der Waals surface area contributed by atoms with Crippen LogP contribution in [-0.2, 0) is 14.3 Å². The zero-order valence-electron chi connectivity index (χ0n) is 11.8. The molecular formula is C13H21N3O4. The molecule has 1 amide bonds. The van der Waals surface area contributed by atoms with Gasteiger partial charge in [0, 0.05) is 24.9 Å². The van der Waals surface area contributed by atoms with E-state index in [0.717, 1.165) is 12.8 Å². The second kappa shape index (κ2) is 8.31. The van der Waals surface area contributed by atoms with Gasteiger partial charge in [0.15, 0.2) is 6.04 Å². The Balaban J connectivity index is 2.60.